The number of rotatable bonds is 6. The van der Waals surface area contributed by atoms with E-state index in [1.54, 1.807) is 0 Å². The van der Waals surface area contributed by atoms with Crippen molar-refractivity contribution in [1.82, 2.24) is 0 Å². The van der Waals surface area contributed by atoms with Crippen LogP contribution in [0.5, 0.6) is 0 Å². The quantitative estimate of drug-likeness (QED) is 0.520. The normalized spacial score (nSPS) is 11.8. The molecule has 0 atom stereocenters. The molecule has 11 heavy (non-hydrogen) atoms. The highest BCUT2D eigenvalue weighted by Crippen LogP contribution is 2.02. The van der Waals surface area contributed by atoms with Crippen molar-refractivity contribution in [2.75, 3.05) is 11.5 Å². The van der Waals surface area contributed by atoms with Crippen molar-refractivity contribution in [2.24, 2.45) is 0 Å². The van der Waals surface area contributed by atoms with E-state index in [0.29, 0.717) is 6.42 Å². The SMILES string of the molecule is O=S(=O)(O)CCCCCC[S]. The van der Waals surface area contributed by atoms with Crippen molar-refractivity contribution in [2.45, 2.75) is 25.7 Å². The van der Waals surface area contributed by atoms with Gasteiger partial charge in [0.25, 0.3) is 10.1 Å². The highest BCUT2D eigenvalue weighted by atomic mass is 32.2. The summed E-state index contributed by atoms with van der Waals surface area (Å²) < 4.78 is 28.7. The molecule has 0 aromatic heterocycles. The van der Waals surface area contributed by atoms with Crippen molar-refractivity contribution in [3.63, 3.8) is 0 Å². The van der Waals surface area contributed by atoms with E-state index < -0.39 is 10.1 Å². The standard InChI is InChI=1S/C6H13O3S2/c7-11(8,9)6-4-2-1-3-5-10/h1-6H2,(H,7,8,9). The second-order valence-corrected chi connectivity index (χ2v) is 4.38. The molecule has 0 fully saturated rings. The third kappa shape index (κ3) is 10.3. The molecule has 5 heteroatoms. The fourth-order valence-electron chi connectivity index (χ4n) is 0.740. The van der Waals surface area contributed by atoms with E-state index in [0.717, 1.165) is 25.0 Å². The third-order valence-electron chi connectivity index (χ3n) is 1.30. The molecule has 1 radical (unpaired) electrons. The average molecular weight is 197 g/mol. The summed E-state index contributed by atoms with van der Waals surface area (Å²) in [5.74, 6) is 0.607. The zero-order valence-corrected chi connectivity index (χ0v) is 7.96. The average Bonchev–Trinajstić information content (AvgIpc) is 1.85. The maximum atomic E-state index is 10.2. The molecule has 0 aliphatic carbocycles. The predicted octanol–water partition coefficient (Wildman–Crippen LogP) is 1.63. The van der Waals surface area contributed by atoms with Gasteiger partial charge in [-0.05, 0) is 12.8 Å². The van der Waals surface area contributed by atoms with E-state index in [-0.39, 0.29) is 5.75 Å². The first-order valence-electron chi connectivity index (χ1n) is 3.59. The van der Waals surface area contributed by atoms with E-state index in [1.165, 1.54) is 0 Å². The molecule has 3 nitrogen and oxygen atoms in total. The molecular formula is C6H13O3S2. The minimum atomic E-state index is -3.74. The van der Waals surface area contributed by atoms with Gasteiger partial charge in [0.05, 0.1) is 5.75 Å². The van der Waals surface area contributed by atoms with Gasteiger partial charge in [-0.25, -0.2) is 0 Å². The largest absolute Gasteiger partial charge is 0.286 e. The lowest BCUT2D eigenvalue weighted by Crippen LogP contribution is -2.03. The van der Waals surface area contributed by atoms with Gasteiger partial charge in [-0.2, -0.15) is 8.42 Å². The summed E-state index contributed by atoms with van der Waals surface area (Å²) in [6.07, 6.45) is 3.28. The zero-order chi connectivity index (χ0) is 8.74. The Hall–Kier alpha value is 0.260. The van der Waals surface area contributed by atoms with Crippen LogP contribution >= 0.6 is 12.6 Å². The Labute approximate surface area is 73.3 Å². The van der Waals surface area contributed by atoms with E-state index in [1.807, 2.05) is 0 Å². The molecule has 0 spiro atoms. The third-order valence-corrected chi connectivity index (χ3v) is 2.39. The molecule has 0 aliphatic heterocycles. The van der Waals surface area contributed by atoms with Gasteiger partial charge in [0.15, 0.2) is 0 Å². The minimum absolute atomic E-state index is 0.121. The Morgan fingerprint density at radius 3 is 2.09 bits per heavy atom. The smallest absolute Gasteiger partial charge is 0.264 e. The van der Waals surface area contributed by atoms with E-state index in [4.69, 9.17) is 17.2 Å². The maximum absolute atomic E-state index is 10.2. The molecule has 0 aliphatic rings. The topological polar surface area (TPSA) is 54.4 Å². The van der Waals surface area contributed by atoms with Gasteiger partial charge in [-0.1, -0.05) is 25.5 Å². The lowest BCUT2D eigenvalue weighted by molar-refractivity contribution is 0.479. The summed E-state index contributed by atoms with van der Waals surface area (Å²) >= 11 is 4.71. The van der Waals surface area contributed by atoms with Crippen LogP contribution in [0.1, 0.15) is 25.7 Å². The molecular weight excluding hydrogens is 184 g/mol. The molecule has 0 aromatic carbocycles. The molecule has 0 rings (SSSR count). The van der Waals surface area contributed by atoms with Crippen LogP contribution in [-0.2, 0) is 10.1 Å². The second kappa shape index (κ2) is 5.85. The fraction of sp³-hybridized carbons (Fsp3) is 1.00. The first-order valence-corrected chi connectivity index (χ1v) is 5.78. The number of hydrogen-bond acceptors (Lipinski definition) is 2. The minimum Gasteiger partial charge on any atom is -0.286 e. The Balaban J connectivity index is 3.16. The van der Waals surface area contributed by atoms with Crippen LogP contribution in [0.25, 0.3) is 0 Å². The van der Waals surface area contributed by atoms with Crippen LogP contribution < -0.4 is 0 Å². The van der Waals surface area contributed by atoms with Crippen LogP contribution in [0.3, 0.4) is 0 Å². The Kier molecular flexibility index (Phi) is 5.99. The van der Waals surface area contributed by atoms with Crippen molar-refractivity contribution in [3.05, 3.63) is 0 Å². The van der Waals surface area contributed by atoms with Crippen molar-refractivity contribution < 1.29 is 13.0 Å². The molecule has 0 unspecified atom stereocenters. The second-order valence-electron chi connectivity index (χ2n) is 2.40. The molecule has 0 bridgehead atoms. The molecule has 0 amide bonds. The Bertz CT molecular complexity index is 174. The summed E-state index contributed by atoms with van der Waals surface area (Å²) in [6, 6.07) is 0. The predicted molar refractivity (Wildman–Crippen MR) is 47.3 cm³/mol. The van der Waals surface area contributed by atoms with Gasteiger partial charge >= 0.3 is 0 Å². The van der Waals surface area contributed by atoms with Crippen LogP contribution in [0.4, 0.5) is 0 Å². The zero-order valence-electron chi connectivity index (χ0n) is 6.32. The summed E-state index contributed by atoms with van der Waals surface area (Å²) in [4.78, 5) is 0. The fourth-order valence-corrected chi connectivity index (χ4v) is 1.51. The summed E-state index contributed by atoms with van der Waals surface area (Å²) in [5, 5.41) is 0. The Morgan fingerprint density at radius 2 is 1.64 bits per heavy atom. The summed E-state index contributed by atoms with van der Waals surface area (Å²) in [6.45, 7) is 0. The molecule has 1 N–H and O–H groups in total. The van der Waals surface area contributed by atoms with Gasteiger partial charge in [-0.3, -0.25) is 4.55 Å². The lowest BCUT2D eigenvalue weighted by atomic mass is 10.2. The first-order chi connectivity index (χ1) is 5.06. The van der Waals surface area contributed by atoms with Crippen molar-refractivity contribution in [1.29, 1.82) is 0 Å². The van der Waals surface area contributed by atoms with Gasteiger partial charge in [0.1, 0.15) is 0 Å². The van der Waals surface area contributed by atoms with Crippen LogP contribution in [-0.4, -0.2) is 24.5 Å². The number of unbranched alkanes of at least 4 members (excludes halogenated alkanes) is 3. The molecule has 0 aromatic rings. The number of hydrogen-bond donors (Lipinski definition) is 1. The van der Waals surface area contributed by atoms with Crippen LogP contribution in [0.15, 0.2) is 0 Å². The summed E-state index contributed by atoms with van der Waals surface area (Å²) in [7, 11) is -3.74. The highest BCUT2D eigenvalue weighted by molar-refractivity contribution is 7.85. The van der Waals surface area contributed by atoms with Crippen molar-refractivity contribution in [3.8, 4) is 0 Å². The van der Waals surface area contributed by atoms with E-state index in [2.05, 4.69) is 0 Å². The van der Waals surface area contributed by atoms with Gasteiger partial charge < -0.3 is 0 Å². The van der Waals surface area contributed by atoms with Gasteiger partial charge in [0, 0.05) is 5.75 Å². The van der Waals surface area contributed by atoms with Crippen LogP contribution in [0.2, 0.25) is 0 Å². The monoisotopic (exact) mass is 197 g/mol. The van der Waals surface area contributed by atoms with Crippen molar-refractivity contribution >= 4 is 22.7 Å². The van der Waals surface area contributed by atoms with Gasteiger partial charge in [-0.15, -0.1) is 0 Å². The maximum Gasteiger partial charge on any atom is 0.264 e. The summed E-state index contributed by atoms with van der Waals surface area (Å²) in [5.41, 5.74) is 0. The van der Waals surface area contributed by atoms with Crippen LogP contribution in [0, 0.1) is 0 Å². The first kappa shape index (κ1) is 11.3. The highest BCUT2D eigenvalue weighted by Gasteiger charge is 2.02. The molecule has 67 valence electrons. The van der Waals surface area contributed by atoms with E-state index in [9.17, 15) is 8.42 Å². The lowest BCUT2D eigenvalue weighted by Gasteiger charge is -1.96. The molecule has 0 heterocycles. The Morgan fingerprint density at radius 1 is 1.09 bits per heavy atom. The van der Waals surface area contributed by atoms with E-state index >= 15 is 0 Å². The molecule has 0 saturated carbocycles. The van der Waals surface area contributed by atoms with Gasteiger partial charge in [0.2, 0.25) is 0 Å². The molecule has 0 saturated heterocycles.